The Morgan fingerprint density at radius 3 is 2.14 bits per heavy atom. The van der Waals surface area contributed by atoms with Crippen molar-refractivity contribution in [3.63, 3.8) is 0 Å². The van der Waals surface area contributed by atoms with Crippen LogP contribution in [-0.4, -0.2) is 25.1 Å². The molecule has 0 spiro atoms. The zero-order valence-corrected chi connectivity index (χ0v) is 13.6. The minimum absolute atomic E-state index is 0.823. The standard InChI is InChI=1S/C20H27NO/c1-21(18-19-12-6-4-7-13-19)16-10-2-3-11-17-22-20-14-8-5-9-15-20/h4-9,12-15H,2-3,10-11,16-18H2,1H3. The van der Waals surface area contributed by atoms with E-state index in [-0.39, 0.29) is 0 Å². The van der Waals surface area contributed by atoms with Gasteiger partial charge < -0.3 is 9.64 Å². The van der Waals surface area contributed by atoms with Gasteiger partial charge in [0.05, 0.1) is 6.61 Å². The van der Waals surface area contributed by atoms with Crippen molar-refractivity contribution >= 4 is 0 Å². The van der Waals surface area contributed by atoms with Gasteiger partial charge in [0, 0.05) is 6.54 Å². The first-order valence-electron chi connectivity index (χ1n) is 8.25. The second-order valence-electron chi connectivity index (χ2n) is 5.80. The Balaban J connectivity index is 1.47. The van der Waals surface area contributed by atoms with Crippen molar-refractivity contribution in [2.24, 2.45) is 0 Å². The van der Waals surface area contributed by atoms with Crippen molar-refractivity contribution in [3.8, 4) is 5.75 Å². The average Bonchev–Trinajstić information content (AvgIpc) is 2.56. The molecule has 118 valence electrons. The van der Waals surface area contributed by atoms with Crippen molar-refractivity contribution < 1.29 is 4.74 Å². The van der Waals surface area contributed by atoms with Crippen LogP contribution in [0.25, 0.3) is 0 Å². The Bertz CT molecular complexity index is 498. The van der Waals surface area contributed by atoms with Crippen LogP contribution < -0.4 is 4.74 Å². The first kappa shape index (κ1) is 16.6. The summed E-state index contributed by atoms with van der Waals surface area (Å²) >= 11 is 0. The van der Waals surface area contributed by atoms with Crippen molar-refractivity contribution in [1.82, 2.24) is 4.90 Å². The Kier molecular flexibility index (Phi) is 7.54. The highest BCUT2D eigenvalue weighted by Gasteiger charge is 2.00. The van der Waals surface area contributed by atoms with Gasteiger partial charge in [-0.2, -0.15) is 0 Å². The highest BCUT2D eigenvalue weighted by molar-refractivity contribution is 5.20. The van der Waals surface area contributed by atoms with Crippen molar-refractivity contribution in [1.29, 1.82) is 0 Å². The predicted molar refractivity (Wildman–Crippen MR) is 93.2 cm³/mol. The largest absolute Gasteiger partial charge is 0.494 e. The topological polar surface area (TPSA) is 12.5 Å². The maximum Gasteiger partial charge on any atom is 0.119 e. The molecule has 0 aliphatic rings. The Hall–Kier alpha value is -1.80. The van der Waals surface area contributed by atoms with Gasteiger partial charge >= 0.3 is 0 Å². The number of ether oxygens (including phenoxy) is 1. The summed E-state index contributed by atoms with van der Waals surface area (Å²) in [4.78, 5) is 2.40. The zero-order valence-electron chi connectivity index (χ0n) is 13.6. The third kappa shape index (κ3) is 6.77. The zero-order chi connectivity index (χ0) is 15.5. The quantitative estimate of drug-likeness (QED) is 0.586. The van der Waals surface area contributed by atoms with Gasteiger partial charge in [-0.25, -0.2) is 0 Å². The van der Waals surface area contributed by atoms with Crippen LogP contribution in [0.2, 0.25) is 0 Å². The lowest BCUT2D eigenvalue weighted by Crippen LogP contribution is -2.19. The van der Waals surface area contributed by atoms with Gasteiger partial charge in [-0.1, -0.05) is 61.4 Å². The summed E-state index contributed by atoms with van der Waals surface area (Å²) in [6.07, 6.45) is 4.91. The van der Waals surface area contributed by atoms with Gasteiger partial charge in [-0.3, -0.25) is 0 Å². The van der Waals surface area contributed by atoms with E-state index in [2.05, 4.69) is 42.3 Å². The molecule has 0 bridgehead atoms. The Morgan fingerprint density at radius 1 is 0.773 bits per heavy atom. The van der Waals surface area contributed by atoms with Crippen LogP contribution in [0.4, 0.5) is 0 Å². The third-order valence-electron chi connectivity index (χ3n) is 3.74. The number of unbranched alkanes of at least 4 members (excludes halogenated alkanes) is 3. The number of benzene rings is 2. The second kappa shape index (κ2) is 10.0. The molecule has 0 saturated heterocycles. The van der Waals surface area contributed by atoms with E-state index in [1.54, 1.807) is 0 Å². The number of nitrogens with zero attached hydrogens (tertiary/aromatic N) is 1. The van der Waals surface area contributed by atoms with Gasteiger partial charge in [0.1, 0.15) is 5.75 Å². The van der Waals surface area contributed by atoms with Crippen LogP contribution in [0.3, 0.4) is 0 Å². The molecule has 0 saturated carbocycles. The molecular formula is C20H27NO. The van der Waals surface area contributed by atoms with E-state index in [0.717, 1.165) is 31.9 Å². The summed E-state index contributed by atoms with van der Waals surface area (Å²) in [5.41, 5.74) is 1.39. The highest BCUT2D eigenvalue weighted by atomic mass is 16.5. The van der Waals surface area contributed by atoms with Crippen LogP contribution in [-0.2, 0) is 6.54 Å². The number of para-hydroxylation sites is 1. The van der Waals surface area contributed by atoms with E-state index in [4.69, 9.17) is 4.74 Å². The van der Waals surface area contributed by atoms with Crippen molar-refractivity contribution in [3.05, 3.63) is 66.2 Å². The molecule has 0 aromatic heterocycles. The van der Waals surface area contributed by atoms with Gasteiger partial charge in [0.15, 0.2) is 0 Å². The summed E-state index contributed by atoms with van der Waals surface area (Å²) in [5, 5.41) is 0. The highest BCUT2D eigenvalue weighted by Crippen LogP contribution is 2.10. The molecule has 0 heterocycles. The molecular weight excluding hydrogens is 270 g/mol. The summed E-state index contributed by atoms with van der Waals surface area (Å²) in [7, 11) is 2.20. The molecule has 0 radical (unpaired) electrons. The van der Waals surface area contributed by atoms with Crippen molar-refractivity contribution in [2.75, 3.05) is 20.2 Å². The van der Waals surface area contributed by atoms with E-state index in [1.165, 1.54) is 24.8 Å². The van der Waals surface area contributed by atoms with Gasteiger partial charge in [0.25, 0.3) is 0 Å². The smallest absolute Gasteiger partial charge is 0.119 e. The number of hydrogen-bond acceptors (Lipinski definition) is 2. The predicted octanol–water partition coefficient (Wildman–Crippen LogP) is 4.76. The molecule has 22 heavy (non-hydrogen) atoms. The summed E-state index contributed by atoms with van der Waals surface area (Å²) in [6.45, 7) is 3.02. The molecule has 2 aromatic carbocycles. The monoisotopic (exact) mass is 297 g/mol. The fourth-order valence-electron chi connectivity index (χ4n) is 2.52. The Morgan fingerprint density at radius 2 is 1.41 bits per heavy atom. The minimum atomic E-state index is 0.823. The molecule has 0 amide bonds. The maximum atomic E-state index is 5.70. The van der Waals surface area contributed by atoms with Crippen LogP contribution >= 0.6 is 0 Å². The van der Waals surface area contributed by atoms with E-state index in [9.17, 15) is 0 Å². The second-order valence-corrected chi connectivity index (χ2v) is 5.80. The molecule has 0 N–H and O–H groups in total. The van der Waals surface area contributed by atoms with Crippen LogP contribution in [0.1, 0.15) is 31.2 Å². The lowest BCUT2D eigenvalue weighted by molar-refractivity contribution is 0.294. The van der Waals surface area contributed by atoms with E-state index in [0.29, 0.717) is 0 Å². The van der Waals surface area contributed by atoms with Crippen molar-refractivity contribution in [2.45, 2.75) is 32.2 Å². The molecule has 0 aliphatic heterocycles. The third-order valence-corrected chi connectivity index (χ3v) is 3.74. The fraction of sp³-hybridized carbons (Fsp3) is 0.400. The van der Waals surface area contributed by atoms with E-state index >= 15 is 0 Å². The molecule has 0 fully saturated rings. The van der Waals surface area contributed by atoms with Gasteiger partial charge in [-0.15, -0.1) is 0 Å². The molecule has 2 rings (SSSR count). The lowest BCUT2D eigenvalue weighted by atomic mass is 10.2. The van der Waals surface area contributed by atoms with Crippen LogP contribution in [0.15, 0.2) is 60.7 Å². The number of rotatable bonds is 10. The minimum Gasteiger partial charge on any atom is -0.494 e. The SMILES string of the molecule is CN(CCCCCCOc1ccccc1)Cc1ccccc1. The van der Waals surface area contributed by atoms with Gasteiger partial charge in [0.2, 0.25) is 0 Å². The molecule has 0 atom stereocenters. The summed E-state index contributed by atoms with van der Waals surface area (Å²) in [5.74, 6) is 0.977. The lowest BCUT2D eigenvalue weighted by Gasteiger charge is -2.16. The molecule has 2 heteroatoms. The molecule has 2 nitrogen and oxygen atoms in total. The first-order valence-corrected chi connectivity index (χ1v) is 8.25. The van der Waals surface area contributed by atoms with Gasteiger partial charge in [-0.05, 0) is 44.1 Å². The normalized spacial score (nSPS) is 10.8. The van der Waals surface area contributed by atoms with Crippen LogP contribution in [0.5, 0.6) is 5.75 Å². The summed E-state index contributed by atoms with van der Waals surface area (Å²) in [6, 6.07) is 20.7. The van der Waals surface area contributed by atoms with E-state index < -0.39 is 0 Å². The average molecular weight is 297 g/mol. The van der Waals surface area contributed by atoms with Crippen LogP contribution in [0, 0.1) is 0 Å². The molecule has 0 unspecified atom stereocenters. The Labute approximate surface area is 134 Å². The molecule has 2 aromatic rings. The maximum absolute atomic E-state index is 5.70. The first-order chi connectivity index (χ1) is 10.8. The van der Waals surface area contributed by atoms with E-state index in [1.807, 2.05) is 30.3 Å². The molecule has 0 aliphatic carbocycles. The fourth-order valence-corrected chi connectivity index (χ4v) is 2.52. The summed E-state index contributed by atoms with van der Waals surface area (Å²) < 4.78 is 5.70. The number of hydrogen-bond donors (Lipinski definition) is 0.